The summed E-state index contributed by atoms with van der Waals surface area (Å²) in [4.78, 5) is 8.57. The molecule has 1 aliphatic rings. The smallest absolute Gasteiger partial charge is 0.177 e. The molecule has 0 saturated heterocycles. The number of nitrogen functional groups attached to an aromatic ring is 1. The van der Waals surface area contributed by atoms with E-state index in [1.165, 1.54) is 19.1 Å². The number of hydrogen-bond acceptors (Lipinski definition) is 6. The van der Waals surface area contributed by atoms with Crippen molar-refractivity contribution in [2.45, 2.75) is 38.6 Å². The highest BCUT2D eigenvalue weighted by molar-refractivity contribution is 6.14. The molecule has 6 heteroatoms. The van der Waals surface area contributed by atoms with Gasteiger partial charge in [0.1, 0.15) is 5.76 Å². The summed E-state index contributed by atoms with van der Waals surface area (Å²) in [5.41, 5.74) is 9.28. The summed E-state index contributed by atoms with van der Waals surface area (Å²) >= 11 is 0. The summed E-state index contributed by atoms with van der Waals surface area (Å²) in [5, 5.41) is 14.5. The van der Waals surface area contributed by atoms with Gasteiger partial charge in [-0.05, 0) is 49.1 Å². The Morgan fingerprint density at radius 2 is 2.00 bits per heavy atom. The summed E-state index contributed by atoms with van der Waals surface area (Å²) in [6, 6.07) is 10.5. The molecule has 3 aromatic heterocycles. The number of rotatable bonds is 5. The molecule has 3 heterocycles. The number of furan rings is 1. The number of nitrogens with zero attached hydrogens (tertiary/aromatic N) is 2. The summed E-state index contributed by atoms with van der Waals surface area (Å²) in [6.07, 6.45) is 13.5. The summed E-state index contributed by atoms with van der Waals surface area (Å²) in [5.74, 6) is 1.86. The van der Waals surface area contributed by atoms with Gasteiger partial charge < -0.3 is 20.9 Å². The van der Waals surface area contributed by atoms with Crippen molar-refractivity contribution in [1.29, 1.82) is 5.41 Å². The van der Waals surface area contributed by atoms with Crippen molar-refractivity contribution in [2.24, 2.45) is 5.92 Å². The molecule has 0 amide bonds. The molecule has 0 spiro atoms. The molecule has 5 rings (SSSR count). The summed E-state index contributed by atoms with van der Waals surface area (Å²) < 4.78 is 6.20. The number of anilines is 1. The fraction of sp³-hybridized carbons (Fsp3) is 0.269. The van der Waals surface area contributed by atoms with Crippen LogP contribution in [0.1, 0.15) is 38.2 Å². The van der Waals surface area contributed by atoms with E-state index in [9.17, 15) is 0 Å². The lowest BCUT2D eigenvalue weighted by Gasteiger charge is -2.26. The van der Waals surface area contributed by atoms with Crippen molar-refractivity contribution >= 4 is 39.3 Å². The Hall–Kier alpha value is -3.67. The van der Waals surface area contributed by atoms with E-state index in [4.69, 9.17) is 15.6 Å². The SMILES string of the molecule is CC1CCC(N/C=C(\C=N)c2cnc(N)c3oc(-c4cccc5cnccc45)cc23)CC1. The van der Waals surface area contributed by atoms with E-state index >= 15 is 0 Å². The van der Waals surface area contributed by atoms with E-state index in [0.29, 0.717) is 17.4 Å². The fourth-order valence-corrected chi connectivity index (χ4v) is 4.58. The van der Waals surface area contributed by atoms with Gasteiger partial charge in [-0.2, -0.15) is 0 Å². The first-order chi connectivity index (χ1) is 15.6. The topological polar surface area (TPSA) is 101 Å². The second-order valence-electron chi connectivity index (χ2n) is 8.68. The monoisotopic (exact) mass is 425 g/mol. The molecule has 6 nitrogen and oxygen atoms in total. The minimum atomic E-state index is 0.343. The Kier molecular flexibility index (Phi) is 5.35. The Morgan fingerprint density at radius 3 is 2.81 bits per heavy atom. The number of hydrogen-bond donors (Lipinski definition) is 3. The summed E-state index contributed by atoms with van der Waals surface area (Å²) in [6.45, 7) is 2.31. The van der Waals surface area contributed by atoms with Gasteiger partial charge in [0.05, 0.1) is 0 Å². The maximum Gasteiger partial charge on any atom is 0.177 e. The van der Waals surface area contributed by atoms with Crippen LogP contribution in [0.3, 0.4) is 0 Å². The zero-order valence-corrected chi connectivity index (χ0v) is 18.1. The Morgan fingerprint density at radius 1 is 1.16 bits per heavy atom. The van der Waals surface area contributed by atoms with Crippen LogP contribution in [0.5, 0.6) is 0 Å². The molecule has 0 aliphatic heterocycles. The third kappa shape index (κ3) is 3.73. The van der Waals surface area contributed by atoms with Gasteiger partial charge in [-0.25, -0.2) is 4.98 Å². The van der Waals surface area contributed by atoms with Gasteiger partial charge >= 0.3 is 0 Å². The number of allylic oxidation sites excluding steroid dienone is 1. The predicted molar refractivity (Wildman–Crippen MR) is 130 cm³/mol. The van der Waals surface area contributed by atoms with Crippen LogP contribution in [-0.2, 0) is 0 Å². The average molecular weight is 426 g/mol. The van der Waals surface area contributed by atoms with E-state index in [1.54, 1.807) is 12.4 Å². The molecule has 4 aromatic rings. The zero-order chi connectivity index (χ0) is 22.1. The first kappa shape index (κ1) is 20.2. The second-order valence-corrected chi connectivity index (χ2v) is 8.68. The molecule has 1 aromatic carbocycles. The van der Waals surface area contributed by atoms with Gasteiger partial charge in [0, 0.05) is 64.5 Å². The van der Waals surface area contributed by atoms with E-state index < -0.39 is 0 Å². The van der Waals surface area contributed by atoms with Gasteiger partial charge in [0.2, 0.25) is 0 Å². The van der Waals surface area contributed by atoms with E-state index in [2.05, 4.69) is 22.2 Å². The van der Waals surface area contributed by atoms with Crippen LogP contribution in [0.15, 0.2) is 59.5 Å². The average Bonchev–Trinajstić information content (AvgIpc) is 3.27. The minimum absolute atomic E-state index is 0.343. The van der Waals surface area contributed by atoms with Crippen molar-refractivity contribution in [3.8, 4) is 11.3 Å². The van der Waals surface area contributed by atoms with Crippen LogP contribution in [-0.4, -0.2) is 22.2 Å². The Labute approximate surface area is 187 Å². The molecule has 0 unspecified atom stereocenters. The molecule has 4 N–H and O–H groups in total. The molecule has 1 fully saturated rings. The molecule has 1 saturated carbocycles. The summed E-state index contributed by atoms with van der Waals surface area (Å²) in [7, 11) is 0. The first-order valence-corrected chi connectivity index (χ1v) is 11.1. The number of benzene rings is 1. The number of nitrogens with two attached hydrogens (primary N) is 1. The highest BCUT2D eigenvalue weighted by Gasteiger charge is 2.19. The number of aromatic nitrogens is 2. The molecule has 32 heavy (non-hydrogen) atoms. The highest BCUT2D eigenvalue weighted by atomic mass is 16.3. The molecule has 162 valence electrons. The lowest BCUT2D eigenvalue weighted by atomic mass is 9.87. The van der Waals surface area contributed by atoms with Crippen molar-refractivity contribution < 1.29 is 4.42 Å². The predicted octanol–water partition coefficient (Wildman–Crippen LogP) is 5.78. The quantitative estimate of drug-likeness (QED) is 0.352. The van der Waals surface area contributed by atoms with Crippen LogP contribution in [0, 0.1) is 11.3 Å². The highest BCUT2D eigenvalue weighted by Crippen LogP contribution is 2.37. The van der Waals surface area contributed by atoms with Gasteiger partial charge in [-0.3, -0.25) is 4.98 Å². The maximum absolute atomic E-state index is 8.02. The minimum Gasteiger partial charge on any atom is -0.452 e. The number of nitrogens with one attached hydrogen (secondary N) is 2. The van der Waals surface area contributed by atoms with Crippen molar-refractivity contribution in [1.82, 2.24) is 15.3 Å². The molecular weight excluding hydrogens is 398 g/mol. The van der Waals surface area contributed by atoms with Crippen LogP contribution >= 0.6 is 0 Å². The molecule has 0 atom stereocenters. The molecule has 0 bridgehead atoms. The van der Waals surface area contributed by atoms with Gasteiger partial charge in [-0.15, -0.1) is 0 Å². The second kappa shape index (κ2) is 8.46. The van der Waals surface area contributed by atoms with E-state index in [1.807, 2.05) is 42.7 Å². The molecule has 0 radical (unpaired) electrons. The lowest BCUT2D eigenvalue weighted by molar-refractivity contribution is 0.326. The third-order valence-electron chi connectivity index (χ3n) is 6.49. The first-order valence-electron chi connectivity index (χ1n) is 11.1. The standard InChI is InChI=1S/C26H27N5O/c1-16-5-7-19(8-6-16)30-14-18(12-27)23-15-31-26(28)25-22(23)11-24(32-25)21-4-2-3-17-13-29-10-9-20(17)21/h2-4,9-16,19,27,30H,5-8H2,1H3,(H2,28,31)/b18-14+,27-12?. The largest absolute Gasteiger partial charge is 0.452 e. The molecule has 1 aliphatic carbocycles. The zero-order valence-electron chi connectivity index (χ0n) is 18.1. The third-order valence-corrected chi connectivity index (χ3v) is 6.49. The van der Waals surface area contributed by atoms with Gasteiger partial charge in [0.25, 0.3) is 0 Å². The fourth-order valence-electron chi connectivity index (χ4n) is 4.58. The van der Waals surface area contributed by atoms with E-state index in [-0.39, 0.29) is 0 Å². The van der Waals surface area contributed by atoms with Crippen LogP contribution in [0.25, 0.3) is 38.6 Å². The van der Waals surface area contributed by atoms with Crippen LogP contribution < -0.4 is 11.1 Å². The van der Waals surface area contributed by atoms with Crippen molar-refractivity contribution in [2.75, 3.05) is 5.73 Å². The van der Waals surface area contributed by atoms with E-state index in [0.717, 1.165) is 57.4 Å². The molecular formula is C26H27N5O. The van der Waals surface area contributed by atoms with Gasteiger partial charge in [-0.1, -0.05) is 25.1 Å². The Balaban J connectivity index is 1.56. The Bertz CT molecular complexity index is 1310. The maximum atomic E-state index is 8.02. The van der Waals surface area contributed by atoms with Crippen LogP contribution in [0.4, 0.5) is 5.82 Å². The van der Waals surface area contributed by atoms with Crippen LogP contribution in [0.2, 0.25) is 0 Å². The normalized spacial score (nSPS) is 19.3. The number of fused-ring (bicyclic) bond motifs is 2. The number of pyridine rings is 2. The lowest BCUT2D eigenvalue weighted by Crippen LogP contribution is -2.29. The van der Waals surface area contributed by atoms with Gasteiger partial charge in [0.15, 0.2) is 11.4 Å². The van der Waals surface area contributed by atoms with Crippen molar-refractivity contribution in [3.05, 3.63) is 60.7 Å². The van der Waals surface area contributed by atoms with Crippen molar-refractivity contribution in [3.63, 3.8) is 0 Å².